The molecule has 0 amide bonds. The molecular formula is C15H15ClF2N8. The molecule has 1 unspecified atom stereocenters. The quantitative estimate of drug-likeness (QED) is 0.677. The molecule has 26 heavy (non-hydrogen) atoms. The first-order valence-corrected chi connectivity index (χ1v) is 8.10. The van der Waals surface area contributed by atoms with Gasteiger partial charge in [0.15, 0.2) is 5.82 Å². The summed E-state index contributed by atoms with van der Waals surface area (Å²) in [7, 11) is 0. The average molecular weight is 381 g/mol. The molecule has 0 bridgehead atoms. The van der Waals surface area contributed by atoms with Gasteiger partial charge >= 0.3 is 0 Å². The van der Waals surface area contributed by atoms with Gasteiger partial charge in [0.1, 0.15) is 11.6 Å². The molecule has 0 radical (unpaired) electrons. The number of imidazole rings is 1. The summed E-state index contributed by atoms with van der Waals surface area (Å²) in [5.74, 6) is -0.693. The number of hydrogen-bond acceptors (Lipinski definition) is 7. The smallest absolute Gasteiger partial charge is 0.234 e. The van der Waals surface area contributed by atoms with E-state index in [1.54, 1.807) is 19.4 Å². The van der Waals surface area contributed by atoms with E-state index in [1.807, 2.05) is 11.5 Å². The summed E-state index contributed by atoms with van der Waals surface area (Å²) in [6, 6.07) is 0.138. The van der Waals surface area contributed by atoms with Crippen molar-refractivity contribution in [3.05, 3.63) is 47.4 Å². The van der Waals surface area contributed by atoms with Gasteiger partial charge in [-0.15, -0.1) is 0 Å². The lowest BCUT2D eigenvalue weighted by Gasteiger charge is -2.14. The largest absolute Gasteiger partial charge is 0.346 e. The Hall–Kier alpha value is -2.88. The highest BCUT2D eigenvalue weighted by Gasteiger charge is 2.16. The summed E-state index contributed by atoms with van der Waals surface area (Å²) in [6.45, 7) is 4.39. The molecule has 8 nitrogen and oxygen atoms in total. The Bertz CT molecular complexity index is 916. The van der Waals surface area contributed by atoms with E-state index < -0.39 is 17.7 Å². The van der Waals surface area contributed by atoms with Gasteiger partial charge in [-0.1, -0.05) is 0 Å². The van der Waals surface area contributed by atoms with Gasteiger partial charge in [-0.3, -0.25) is 4.98 Å². The van der Waals surface area contributed by atoms with Crippen LogP contribution in [0.1, 0.15) is 25.6 Å². The lowest BCUT2D eigenvalue weighted by Crippen LogP contribution is -2.14. The van der Waals surface area contributed by atoms with Crippen LogP contribution >= 0.6 is 11.6 Å². The van der Waals surface area contributed by atoms with Crippen LogP contribution in [0, 0.1) is 11.6 Å². The lowest BCUT2D eigenvalue weighted by atomic mass is 10.2. The van der Waals surface area contributed by atoms with E-state index in [-0.39, 0.29) is 22.9 Å². The predicted octanol–water partition coefficient (Wildman–Crippen LogP) is 3.33. The van der Waals surface area contributed by atoms with E-state index in [0.29, 0.717) is 5.82 Å². The van der Waals surface area contributed by atoms with Crippen LogP contribution in [-0.2, 0) is 6.54 Å². The fraction of sp³-hybridized carbons (Fsp3) is 0.267. The molecule has 0 saturated carbocycles. The van der Waals surface area contributed by atoms with Gasteiger partial charge in [0.25, 0.3) is 0 Å². The summed E-state index contributed by atoms with van der Waals surface area (Å²) < 4.78 is 28.7. The van der Waals surface area contributed by atoms with E-state index >= 15 is 0 Å². The number of nitrogens with zero attached hydrogens (tertiary/aromatic N) is 6. The number of halogens is 3. The van der Waals surface area contributed by atoms with E-state index in [2.05, 4.69) is 35.6 Å². The number of nitrogens with one attached hydrogen (secondary N) is 2. The maximum Gasteiger partial charge on any atom is 0.234 e. The molecular weight excluding hydrogens is 366 g/mol. The summed E-state index contributed by atoms with van der Waals surface area (Å²) >= 11 is 5.92. The summed E-state index contributed by atoms with van der Waals surface area (Å²) in [6.07, 6.45) is 4.38. The van der Waals surface area contributed by atoms with Crippen LogP contribution in [0.5, 0.6) is 0 Å². The molecule has 0 aliphatic rings. The number of aromatic nitrogens is 6. The minimum absolute atomic E-state index is 0.0270. The SMILES string of the molecule is CCn1cnc(Nc2nc(Cl)nc(NC(C)c3ncc(F)cc3F)n2)c1. The molecule has 0 aromatic carbocycles. The van der Waals surface area contributed by atoms with Crippen molar-refractivity contribution in [1.82, 2.24) is 29.5 Å². The maximum absolute atomic E-state index is 13.8. The molecule has 2 N–H and O–H groups in total. The lowest BCUT2D eigenvalue weighted by molar-refractivity contribution is 0.549. The van der Waals surface area contributed by atoms with Crippen molar-refractivity contribution in [2.75, 3.05) is 10.6 Å². The number of rotatable bonds is 6. The third-order valence-corrected chi connectivity index (χ3v) is 3.61. The highest BCUT2D eigenvalue weighted by molar-refractivity contribution is 6.28. The molecule has 0 spiro atoms. The molecule has 136 valence electrons. The summed E-state index contributed by atoms with van der Waals surface area (Å²) in [5.41, 5.74) is 0.0270. The fourth-order valence-corrected chi connectivity index (χ4v) is 2.35. The zero-order valence-corrected chi connectivity index (χ0v) is 14.7. The number of aryl methyl sites for hydroxylation is 1. The number of anilines is 3. The minimum Gasteiger partial charge on any atom is -0.346 e. The van der Waals surface area contributed by atoms with Gasteiger partial charge in [-0.2, -0.15) is 15.0 Å². The minimum atomic E-state index is -0.770. The van der Waals surface area contributed by atoms with Crippen molar-refractivity contribution < 1.29 is 8.78 Å². The zero-order chi connectivity index (χ0) is 18.7. The Morgan fingerprint density at radius 2 is 1.96 bits per heavy atom. The first-order valence-electron chi connectivity index (χ1n) is 7.72. The number of hydrogen-bond donors (Lipinski definition) is 2. The molecule has 3 rings (SSSR count). The molecule has 0 fully saturated rings. The van der Waals surface area contributed by atoms with Crippen molar-refractivity contribution in [2.45, 2.75) is 26.4 Å². The Labute approximate surface area is 152 Å². The van der Waals surface area contributed by atoms with Crippen molar-refractivity contribution >= 4 is 29.3 Å². The van der Waals surface area contributed by atoms with Crippen LogP contribution in [0.3, 0.4) is 0 Å². The van der Waals surface area contributed by atoms with E-state index in [9.17, 15) is 8.78 Å². The van der Waals surface area contributed by atoms with Gasteiger partial charge in [0.2, 0.25) is 17.2 Å². The van der Waals surface area contributed by atoms with Crippen LogP contribution < -0.4 is 10.6 Å². The second kappa shape index (κ2) is 7.56. The molecule has 3 aromatic rings. The van der Waals surface area contributed by atoms with Gasteiger partial charge in [0, 0.05) is 18.8 Å². The Morgan fingerprint density at radius 1 is 1.19 bits per heavy atom. The summed E-state index contributed by atoms with van der Waals surface area (Å²) in [4.78, 5) is 20.0. The number of pyridine rings is 1. The van der Waals surface area contributed by atoms with Gasteiger partial charge in [0.05, 0.1) is 24.3 Å². The van der Waals surface area contributed by atoms with Crippen LogP contribution in [0.2, 0.25) is 5.28 Å². The first kappa shape index (κ1) is 17.9. The maximum atomic E-state index is 13.8. The van der Waals surface area contributed by atoms with Crippen molar-refractivity contribution in [1.29, 1.82) is 0 Å². The monoisotopic (exact) mass is 380 g/mol. The topological polar surface area (TPSA) is 93.4 Å². The Balaban J connectivity index is 1.78. The van der Waals surface area contributed by atoms with Crippen LogP contribution in [0.15, 0.2) is 24.8 Å². The van der Waals surface area contributed by atoms with E-state index in [1.165, 1.54) is 0 Å². The Kier molecular flexibility index (Phi) is 5.21. The molecule has 11 heteroatoms. The fourth-order valence-electron chi connectivity index (χ4n) is 2.19. The van der Waals surface area contributed by atoms with Gasteiger partial charge in [-0.05, 0) is 25.4 Å². The van der Waals surface area contributed by atoms with Crippen molar-refractivity contribution in [2.24, 2.45) is 0 Å². The highest BCUT2D eigenvalue weighted by atomic mass is 35.5. The van der Waals surface area contributed by atoms with Gasteiger partial charge in [-0.25, -0.2) is 13.8 Å². The predicted molar refractivity (Wildman–Crippen MR) is 92.2 cm³/mol. The molecule has 3 heterocycles. The molecule has 0 saturated heterocycles. The standard InChI is InChI=1S/C15H15ClF2N8/c1-3-26-6-11(20-7-26)22-15-24-13(16)23-14(25-15)21-8(2)12-10(18)4-9(17)5-19-12/h4-8H,3H2,1-2H3,(H2,21,22,23,24,25). The first-order chi connectivity index (χ1) is 12.4. The third-order valence-electron chi connectivity index (χ3n) is 3.44. The van der Waals surface area contributed by atoms with Crippen LogP contribution in [0.4, 0.5) is 26.5 Å². The van der Waals surface area contributed by atoms with E-state index in [4.69, 9.17) is 11.6 Å². The second-order valence-corrected chi connectivity index (χ2v) is 5.69. The van der Waals surface area contributed by atoms with E-state index in [0.717, 1.165) is 18.8 Å². The second-order valence-electron chi connectivity index (χ2n) is 5.35. The molecule has 1 atom stereocenters. The Morgan fingerprint density at radius 3 is 2.65 bits per heavy atom. The van der Waals surface area contributed by atoms with Gasteiger partial charge < -0.3 is 15.2 Å². The average Bonchev–Trinajstić information content (AvgIpc) is 3.01. The molecule has 0 aliphatic heterocycles. The van der Waals surface area contributed by atoms with Crippen molar-refractivity contribution in [3.8, 4) is 0 Å². The van der Waals surface area contributed by atoms with Crippen LogP contribution in [-0.4, -0.2) is 29.5 Å². The highest BCUT2D eigenvalue weighted by Crippen LogP contribution is 2.20. The molecule has 3 aromatic heterocycles. The zero-order valence-electron chi connectivity index (χ0n) is 13.9. The normalized spacial score (nSPS) is 12.0. The van der Waals surface area contributed by atoms with Crippen molar-refractivity contribution in [3.63, 3.8) is 0 Å². The van der Waals surface area contributed by atoms with Crippen LogP contribution in [0.25, 0.3) is 0 Å². The molecule has 0 aliphatic carbocycles. The third kappa shape index (κ3) is 4.20. The summed E-state index contributed by atoms with van der Waals surface area (Å²) in [5, 5.41) is 5.72.